The van der Waals surface area contributed by atoms with Gasteiger partial charge in [-0.3, -0.25) is 71.9 Å². The van der Waals surface area contributed by atoms with Crippen molar-refractivity contribution >= 4 is 112 Å². The van der Waals surface area contributed by atoms with Crippen LogP contribution in [-0.2, 0) is 73.3 Å². The van der Waals surface area contributed by atoms with E-state index in [1.165, 1.54) is 125 Å². The first-order valence-electron chi connectivity index (χ1n) is 41.9. The van der Waals surface area contributed by atoms with E-state index in [9.17, 15) is 71.0 Å². The molecule has 15 amide bonds. The largest absolute Gasteiger partial charge is 0.484 e. The number of alkyl halides is 3. The maximum Gasteiger partial charge on any atom is 0.434 e. The van der Waals surface area contributed by atoms with Gasteiger partial charge >= 0.3 is 6.18 Å². The van der Waals surface area contributed by atoms with E-state index in [-0.39, 0.29) is 116 Å². The minimum Gasteiger partial charge on any atom is -0.484 e. The average Bonchev–Trinajstić information content (AvgIpc) is 1.56. The fourth-order valence-corrected chi connectivity index (χ4v) is 14.7. The number of ether oxygens (including phenoxy) is 1. The monoisotopic (exact) mass is 1770 g/mol. The minimum atomic E-state index is -5.09. The zero-order chi connectivity index (χ0) is 94.1. The van der Waals surface area contributed by atoms with Crippen molar-refractivity contribution in [3.8, 4) is 11.4 Å². The van der Waals surface area contributed by atoms with Gasteiger partial charge in [-0.15, -0.1) is 0 Å². The number of aliphatic hydroxyl groups excluding tert-OH is 1. The molecule has 0 spiro atoms. The van der Waals surface area contributed by atoms with Gasteiger partial charge in [0.15, 0.2) is 12.3 Å². The SMILES string of the molecule is C=CC(=O)Nc1cc(Cl)cc(NC(=O)c2cnn(-c3ccc(OCC(=O)NCCNC(=O)CCC[C@@H](C)[C@@H](O)[C@H]4C(=O)N[C@@H](CC)C(=O)N(C)CC(=O)N(C)[C@@H](CC(C)C)C(=O)NC(C(C)C)C(=O)N(C)[C@@H](CC(C)C)C(=O)N[C@@H](C)C(=O)N[C@H](C)C(=O)N(C)[C@@H](CC(C)C)C(=O)N(C)[C@@H](CC(C)C)C(=O)N(C)[C@@H](C(C)C)C(=O)N4C)cc3)c2C(F)(F)F)c1. The van der Waals surface area contributed by atoms with Crippen LogP contribution in [0.5, 0.6) is 5.75 Å². The Morgan fingerprint density at radius 2 is 1.06 bits per heavy atom. The van der Waals surface area contributed by atoms with Gasteiger partial charge in [0, 0.05) is 85.2 Å². The molecular weight excluding hydrogens is 1640 g/mol. The number of hydrogen-bond acceptors (Lipinski definition) is 18. The highest BCUT2D eigenvalue weighted by molar-refractivity contribution is 6.31. The van der Waals surface area contributed by atoms with Crippen molar-refractivity contribution in [3.05, 3.63) is 77.6 Å². The summed E-state index contributed by atoms with van der Waals surface area (Å²) in [6.45, 7) is 29.3. The molecule has 0 aliphatic carbocycles. The lowest BCUT2D eigenvalue weighted by Crippen LogP contribution is -2.63. The predicted molar refractivity (Wildman–Crippen MR) is 461 cm³/mol. The summed E-state index contributed by atoms with van der Waals surface area (Å²) in [4.78, 5) is 222. The summed E-state index contributed by atoms with van der Waals surface area (Å²) in [5, 5.41) is 37.4. The van der Waals surface area contributed by atoms with Crippen molar-refractivity contribution in [2.75, 3.05) is 86.2 Å². The molecule has 1 saturated heterocycles. The van der Waals surface area contributed by atoms with Crippen LogP contribution in [0.4, 0.5) is 24.5 Å². The number of benzene rings is 2. The maximum absolute atomic E-state index is 15.5. The molecule has 1 unspecified atom stereocenters. The number of aromatic nitrogens is 2. The molecule has 12 atom stereocenters. The summed E-state index contributed by atoms with van der Waals surface area (Å²) in [6.07, 6.45) is -4.90. The third kappa shape index (κ3) is 30.0. The number of carbonyl (C=O) groups excluding carboxylic acids is 15. The molecule has 690 valence electrons. The van der Waals surface area contributed by atoms with Crippen LogP contribution in [0.1, 0.15) is 178 Å². The predicted octanol–water partition coefficient (Wildman–Crippen LogP) is 6.02. The number of halogens is 4. The van der Waals surface area contributed by atoms with Gasteiger partial charge < -0.3 is 86.7 Å². The fraction of sp³-hybridized carbons (Fsp3) is 0.628. The summed E-state index contributed by atoms with van der Waals surface area (Å²) in [6, 6.07) is -4.54. The highest BCUT2D eigenvalue weighted by Crippen LogP contribution is 2.36. The molecule has 1 aromatic heterocycles. The van der Waals surface area contributed by atoms with E-state index in [0.29, 0.717) is 4.68 Å². The molecule has 0 bridgehead atoms. The number of hydrogen-bond donors (Lipinski definition) is 9. The Morgan fingerprint density at radius 1 is 0.581 bits per heavy atom. The zero-order valence-electron chi connectivity index (χ0n) is 75.8. The summed E-state index contributed by atoms with van der Waals surface area (Å²) >= 11 is 6.13. The summed E-state index contributed by atoms with van der Waals surface area (Å²) < 4.78 is 50.0. The standard InChI is InChI=1S/C86H131ClF3N17O17/c1-25-61-81(119)100(18)44-69(111)101(19)62(36-46(3)4)78(116)99-70(50(11)12)84(122)102(20)63(37-47(5)6)77(115)94-53(16)75(113)95-54(17)80(118)103(21)64(38-48(7)8)82(120)104(22)65(39-49(9)10)83(121)105(23)71(51(13)14)85(123)106(24)72(79(117)98-61)73(112)52(15)28-27-29-67(109)91-34-35-92-68(110)45-124-59-32-30-58(31-33-59)107-74(86(88,89)90)60(43-93-107)76(114)97-57-41-55(87)40-56(42-57)96-66(108)26-2/h26,30-33,40-43,46-54,61-65,70-73,112H,2,25,27-29,34-39,44-45H2,1,3-24H3,(H,91,109)(H,92,110)(H,94,115)(H,95,113)(H,96,108)(H,97,114)(H,98,117)(H,99,116)/t52-,53+,54-,61+,62+,63+,64+,65+,70?,71+,72+,73-/m1/s1. The van der Waals surface area contributed by atoms with Gasteiger partial charge in [-0.2, -0.15) is 18.3 Å². The number of aliphatic hydroxyl groups is 1. The Balaban J connectivity index is 1.65. The molecular formula is C86H131ClF3N17O17. The third-order valence-electron chi connectivity index (χ3n) is 21.5. The van der Waals surface area contributed by atoms with E-state index < -0.39 is 203 Å². The first-order chi connectivity index (χ1) is 57.7. The minimum absolute atomic E-state index is 0.0361. The smallest absolute Gasteiger partial charge is 0.434 e. The third-order valence-corrected chi connectivity index (χ3v) is 21.7. The molecule has 34 nitrogen and oxygen atoms in total. The fourth-order valence-electron chi connectivity index (χ4n) is 14.4. The van der Waals surface area contributed by atoms with Gasteiger partial charge in [-0.1, -0.05) is 115 Å². The second-order valence-electron chi connectivity index (χ2n) is 34.4. The molecule has 9 N–H and O–H groups in total. The molecule has 1 aliphatic heterocycles. The Labute approximate surface area is 730 Å². The van der Waals surface area contributed by atoms with E-state index in [1.807, 2.05) is 55.4 Å². The normalized spacial score (nSPS) is 21.9. The summed E-state index contributed by atoms with van der Waals surface area (Å²) in [7, 11) is 9.50. The van der Waals surface area contributed by atoms with Crippen molar-refractivity contribution < 1.29 is 94.9 Å². The first kappa shape index (κ1) is 106. The molecule has 0 saturated carbocycles. The highest BCUT2D eigenvalue weighted by Gasteiger charge is 2.47. The topological polar surface area (TPSA) is 422 Å². The van der Waals surface area contributed by atoms with Crippen LogP contribution in [-0.4, -0.2) is 280 Å². The lowest BCUT2D eigenvalue weighted by atomic mass is 9.90. The average molecular weight is 1770 g/mol. The molecule has 2 aromatic carbocycles. The zero-order valence-corrected chi connectivity index (χ0v) is 76.6. The Morgan fingerprint density at radius 3 is 1.58 bits per heavy atom. The molecule has 4 rings (SSSR count). The summed E-state index contributed by atoms with van der Waals surface area (Å²) in [5.41, 5.74) is -2.30. The lowest BCUT2D eigenvalue weighted by molar-refractivity contribution is -0.157. The van der Waals surface area contributed by atoms with Crippen LogP contribution in [0.2, 0.25) is 5.02 Å². The van der Waals surface area contributed by atoms with Crippen LogP contribution in [0.15, 0.2) is 61.3 Å². The van der Waals surface area contributed by atoms with Gasteiger partial charge in [-0.25, -0.2) is 4.68 Å². The number of carbonyl (C=O) groups is 15. The van der Waals surface area contributed by atoms with Gasteiger partial charge in [0.2, 0.25) is 76.8 Å². The van der Waals surface area contributed by atoms with Crippen LogP contribution >= 0.6 is 11.6 Å². The molecule has 124 heavy (non-hydrogen) atoms. The van der Waals surface area contributed by atoms with Crippen LogP contribution in [0.3, 0.4) is 0 Å². The van der Waals surface area contributed by atoms with Gasteiger partial charge in [0.1, 0.15) is 66.2 Å². The molecule has 1 aliphatic rings. The van der Waals surface area contributed by atoms with Crippen molar-refractivity contribution in [1.29, 1.82) is 0 Å². The molecule has 38 heteroatoms. The van der Waals surface area contributed by atoms with E-state index >= 15 is 19.2 Å². The number of amides is 15. The number of likely N-dealkylation sites (N-methyl/N-ethyl adjacent to an activating group) is 7. The van der Waals surface area contributed by atoms with E-state index in [2.05, 4.69) is 54.2 Å². The Bertz CT molecular complexity index is 4260. The second kappa shape index (κ2) is 48.0. The summed E-state index contributed by atoms with van der Waals surface area (Å²) in [5.74, 6) is -14.3. The first-order valence-corrected chi connectivity index (χ1v) is 42.3. The van der Waals surface area contributed by atoms with Crippen molar-refractivity contribution in [2.45, 2.75) is 235 Å². The maximum atomic E-state index is 15.5. The molecule has 2 heterocycles. The van der Waals surface area contributed by atoms with Gasteiger partial charge in [-0.05, 0) is 149 Å². The van der Waals surface area contributed by atoms with Gasteiger partial charge in [0.05, 0.1) is 30.1 Å². The van der Waals surface area contributed by atoms with E-state index in [4.69, 9.17) is 16.3 Å². The van der Waals surface area contributed by atoms with E-state index in [0.717, 1.165) is 27.0 Å². The second-order valence-corrected chi connectivity index (χ2v) is 34.8. The van der Waals surface area contributed by atoms with Crippen molar-refractivity contribution in [1.82, 2.24) is 76.0 Å². The van der Waals surface area contributed by atoms with Crippen LogP contribution in [0.25, 0.3) is 5.69 Å². The van der Waals surface area contributed by atoms with Crippen LogP contribution < -0.4 is 47.3 Å². The highest BCUT2D eigenvalue weighted by atomic mass is 35.5. The van der Waals surface area contributed by atoms with E-state index in [1.54, 1.807) is 41.5 Å². The number of rotatable bonds is 28. The number of anilines is 2. The van der Waals surface area contributed by atoms with Gasteiger partial charge in [0.25, 0.3) is 11.8 Å². The lowest BCUT2D eigenvalue weighted by Gasteiger charge is -2.41. The van der Waals surface area contributed by atoms with Crippen molar-refractivity contribution in [2.24, 2.45) is 41.4 Å². The van der Waals surface area contributed by atoms with Crippen molar-refractivity contribution in [3.63, 3.8) is 0 Å². The molecule has 3 aromatic rings. The van der Waals surface area contributed by atoms with Crippen LogP contribution in [0, 0.1) is 41.4 Å². The Kier molecular flexibility index (Phi) is 40.8. The molecule has 0 radical (unpaired) electrons. The Hall–Kier alpha value is -10.7. The molecule has 1 fully saturated rings. The number of nitrogens with one attached hydrogen (secondary N) is 8. The number of nitrogens with zero attached hydrogens (tertiary/aromatic N) is 9. The quantitative estimate of drug-likeness (QED) is 0.0296.